The lowest BCUT2D eigenvalue weighted by atomic mass is 9.83. The highest BCUT2D eigenvalue weighted by Crippen LogP contribution is 2.49. The van der Waals surface area contributed by atoms with Gasteiger partial charge in [-0.15, -0.1) is 0 Å². The van der Waals surface area contributed by atoms with E-state index in [1.807, 2.05) is 44.2 Å². The predicted molar refractivity (Wildman–Crippen MR) is 72.1 cm³/mol. The zero-order valence-electron chi connectivity index (χ0n) is 11.8. The second-order valence-corrected chi connectivity index (χ2v) is 6.58. The van der Waals surface area contributed by atoms with Crippen LogP contribution in [0.15, 0.2) is 30.3 Å². The van der Waals surface area contributed by atoms with Crippen LogP contribution in [0.5, 0.6) is 0 Å². The summed E-state index contributed by atoms with van der Waals surface area (Å²) in [6, 6.07) is 9.84. The van der Waals surface area contributed by atoms with Gasteiger partial charge in [0, 0.05) is 12.8 Å². The quantitative estimate of drug-likeness (QED) is 0.852. The van der Waals surface area contributed by atoms with Crippen molar-refractivity contribution in [3.63, 3.8) is 0 Å². The highest BCUT2D eigenvalue weighted by Gasteiger charge is 2.60. The fraction of sp³-hybridized carbons (Fsp3) is 0.625. The molecule has 3 aliphatic heterocycles. The van der Waals surface area contributed by atoms with Crippen LogP contribution in [-0.2, 0) is 19.8 Å². The molecule has 1 unspecified atom stereocenters. The van der Waals surface area contributed by atoms with Gasteiger partial charge in [0.25, 0.3) is 0 Å². The van der Waals surface area contributed by atoms with Crippen molar-refractivity contribution < 1.29 is 19.3 Å². The number of fused-ring (bicyclic) bond motifs is 5. The first-order chi connectivity index (χ1) is 9.47. The Morgan fingerprint density at radius 2 is 1.55 bits per heavy atom. The molecule has 108 valence electrons. The first-order valence-corrected chi connectivity index (χ1v) is 7.26. The van der Waals surface area contributed by atoms with E-state index in [1.165, 1.54) is 0 Å². The van der Waals surface area contributed by atoms with Crippen LogP contribution in [0.1, 0.15) is 32.3 Å². The molecule has 3 aliphatic rings. The summed E-state index contributed by atoms with van der Waals surface area (Å²) < 4.78 is 17.9. The van der Waals surface area contributed by atoms with Gasteiger partial charge in [0.1, 0.15) is 12.2 Å². The lowest BCUT2D eigenvalue weighted by Gasteiger charge is -2.38. The molecular formula is C16H20O4. The zero-order chi connectivity index (χ0) is 14.0. The summed E-state index contributed by atoms with van der Waals surface area (Å²) in [7, 11) is 0. The largest absolute Gasteiger partial charge is 0.385 e. The summed E-state index contributed by atoms with van der Waals surface area (Å²) in [5.41, 5.74) is 0.119. The van der Waals surface area contributed by atoms with Crippen LogP contribution in [0.4, 0.5) is 0 Å². The minimum Gasteiger partial charge on any atom is -0.385 e. The second kappa shape index (κ2) is 4.04. The Morgan fingerprint density at radius 1 is 1.00 bits per heavy atom. The summed E-state index contributed by atoms with van der Waals surface area (Å²) in [5, 5.41) is 11.0. The van der Waals surface area contributed by atoms with Crippen molar-refractivity contribution in [3.05, 3.63) is 35.9 Å². The maximum Gasteiger partial charge on any atom is 0.164 e. The first kappa shape index (κ1) is 12.8. The lowest BCUT2D eigenvalue weighted by Crippen LogP contribution is -2.42. The molecule has 0 amide bonds. The minimum atomic E-state index is -0.837. The van der Waals surface area contributed by atoms with Gasteiger partial charge in [-0.05, 0) is 19.4 Å². The Hall–Kier alpha value is -0.940. The average molecular weight is 276 g/mol. The predicted octanol–water partition coefficient (Wildman–Crippen LogP) is 1.96. The number of hydrogen-bond donors (Lipinski definition) is 1. The molecule has 0 radical (unpaired) electrons. The molecular weight excluding hydrogens is 256 g/mol. The first-order valence-electron chi connectivity index (χ1n) is 7.26. The van der Waals surface area contributed by atoms with Gasteiger partial charge in [-0.2, -0.15) is 0 Å². The van der Waals surface area contributed by atoms with Crippen molar-refractivity contribution in [2.24, 2.45) is 0 Å². The van der Waals surface area contributed by atoms with Gasteiger partial charge in [-0.1, -0.05) is 30.3 Å². The maximum absolute atomic E-state index is 11.0. The number of hydrogen-bond acceptors (Lipinski definition) is 4. The molecule has 3 fully saturated rings. The van der Waals surface area contributed by atoms with Crippen molar-refractivity contribution in [1.82, 2.24) is 0 Å². The van der Waals surface area contributed by atoms with Crippen LogP contribution < -0.4 is 0 Å². The number of rotatable bonds is 1. The monoisotopic (exact) mass is 276 g/mol. The van der Waals surface area contributed by atoms with Crippen LogP contribution in [0.25, 0.3) is 0 Å². The SMILES string of the molecule is CC1(C)O[C@@H]2[C@H](O1)[C@H]1CC(O)(c3ccccc3)C[C@@H]2O1. The van der Waals surface area contributed by atoms with Crippen LogP contribution in [0.3, 0.4) is 0 Å². The van der Waals surface area contributed by atoms with Crippen LogP contribution in [0.2, 0.25) is 0 Å². The van der Waals surface area contributed by atoms with Crippen molar-refractivity contribution in [2.45, 2.75) is 62.5 Å². The van der Waals surface area contributed by atoms with E-state index in [-0.39, 0.29) is 24.4 Å². The Bertz CT molecular complexity index is 490. The van der Waals surface area contributed by atoms with Gasteiger partial charge in [0.15, 0.2) is 5.79 Å². The Labute approximate surface area is 118 Å². The second-order valence-electron chi connectivity index (χ2n) is 6.58. The highest BCUT2D eigenvalue weighted by molar-refractivity contribution is 5.25. The molecule has 0 aromatic heterocycles. The smallest absolute Gasteiger partial charge is 0.164 e. The van der Waals surface area contributed by atoms with E-state index < -0.39 is 11.4 Å². The molecule has 5 atom stereocenters. The van der Waals surface area contributed by atoms with Crippen molar-refractivity contribution >= 4 is 0 Å². The van der Waals surface area contributed by atoms with E-state index in [2.05, 4.69) is 0 Å². The molecule has 4 nitrogen and oxygen atoms in total. The van der Waals surface area contributed by atoms with Gasteiger partial charge in [-0.25, -0.2) is 0 Å². The van der Waals surface area contributed by atoms with E-state index in [0.29, 0.717) is 12.8 Å². The summed E-state index contributed by atoms with van der Waals surface area (Å²) in [4.78, 5) is 0. The molecule has 0 saturated carbocycles. The normalized spacial score (nSPS) is 45.4. The van der Waals surface area contributed by atoms with Gasteiger partial charge in [0.2, 0.25) is 0 Å². The fourth-order valence-corrected chi connectivity index (χ4v) is 3.83. The summed E-state index contributed by atoms with van der Waals surface area (Å²) in [5.74, 6) is -0.544. The maximum atomic E-state index is 11.0. The van der Waals surface area contributed by atoms with Gasteiger partial charge in [0.05, 0.1) is 17.8 Å². The average Bonchev–Trinajstić information content (AvgIpc) is 2.85. The van der Waals surface area contributed by atoms with Crippen LogP contribution >= 0.6 is 0 Å². The molecule has 4 rings (SSSR count). The standard InChI is InChI=1S/C16H20O4/c1-15(2)19-13-11-8-16(17,10-6-4-3-5-7-10)9-12(18-11)14(13)20-15/h3-7,11-14,17H,8-9H2,1-2H3/t11-,12+,13-,14+,16?. The lowest BCUT2D eigenvalue weighted by molar-refractivity contribution is -0.215. The molecule has 20 heavy (non-hydrogen) atoms. The van der Waals surface area contributed by atoms with E-state index in [4.69, 9.17) is 14.2 Å². The van der Waals surface area contributed by atoms with Gasteiger partial charge >= 0.3 is 0 Å². The Kier molecular flexibility index (Phi) is 2.58. The molecule has 1 aromatic carbocycles. The van der Waals surface area contributed by atoms with Crippen molar-refractivity contribution in [3.8, 4) is 0 Å². The molecule has 1 aromatic rings. The Morgan fingerprint density at radius 3 is 2.10 bits per heavy atom. The summed E-state index contributed by atoms with van der Waals surface area (Å²) >= 11 is 0. The third-order valence-corrected chi connectivity index (χ3v) is 4.63. The van der Waals surface area contributed by atoms with E-state index in [9.17, 15) is 5.11 Å². The number of benzene rings is 1. The van der Waals surface area contributed by atoms with E-state index in [0.717, 1.165) is 5.56 Å². The molecule has 0 spiro atoms. The van der Waals surface area contributed by atoms with Gasteiger partial charge in [-0.3, -0.25) is 0 Å². The Balaban J connectivity index is 1.63. The molecule has 1 N–H and O–H groups in total. The third kappa shape index (κ3) is 1.83. The van der Waals surface area contributed by atoms with E-state index in [1.54, 1.807) is 0 Å². The minimum absolute atomic E-state index is 0.0623. The zero-order valence-corrected chi connectivity index (χ0v) is 11.8. The van der Waals surface area contributed by atoms with Crippen molar-refractivity contribution in [1.29, 1.82) is 0 Å². The molecule has 2 bridgehead atoms. The summed E-state index contributed by atoms with van der Waals surface area (Å²) in [6.07, 6.45) is 0.819. The fourth-order valence-electron chi connectivity index (χ4n) is 3.83. The molecule has 0 aliphatic carbocycles. The van der Waals surface area contributed by atoms with Crippen molar-refractivity contribution in [2.75, 3.05) is 0 Å². The number of aliphatic hydroxyl groups is 1. The van der Waals surface area contributed by atoms with Crippen LogP contribution in [-0.4, -0.2) is 35.3 Å². The number of ether oxygens (including phenoxy) is 3. The topological polar surface area (TPSA) is 47.9 Å². The van der Waals surface area contributed by atoms with E-state index >= 15 is 0 Å². The van der Waals surface area contributed by atoms with Gasteiger partial charge < -0.3 is 19.3 Å². The highest BCUT2D eigenvalue weighted by atomic mass is 16.8. The van der Waals surface area contributed by atoms with Crippen LogP contribution in [0, 0.1) is 0 Å². The molecule has 3 heterocycles. The summed E-state index contributed by atoms with van der Waals surface area (Å²) in [6.45, 7) is 3.87. The molecule has 3 saturated heterocycles. The third-order valence-electron chi connectivity index (χ3n) is 4.63. The molecule has 4 heteroatoms.